The summed E-state index contributed by atoms with van der Waals surface area (Å²) in [6, 6.07) is -1.02. The standard InChI is InChI=1S/C23H40NO4/c1-2-3-4-5-6-7-8-9-10-11-12-13-14-15-16-19-22(26)24-21(23(27)28)18-17-20-25/h15-16,21H,2-14,17-19H2,1H3,(H,24,26)(H,27,28)/b16-15-/t21-/m0/s1. The molecule has 0 unspecified atom stereocenters. The van der Waals surface area contributed by atoms with Crippen LogP contribution < -0.4 is 5.32 Å². The molecule has 0 rings (SSSR count). The van der Waals surface area contributed by atoms with Gasteiger partial charge in [-0.15, -0.1) is 0 Å². The summed E-state index contributed by atoms with van der Waals surface area (Å²) in [5.41, 5.74) is 0. The van der Waals surface area contributed by atoms with E-state index in [0.29, 0.717) is 0 Å². The van der Waals surface area contributed by atoms with E-state index in [1.807, 2.05) is 6.08 Å². The number of amides is 1. The summed E-state index contributed by atoms with van der Waals surface area (Å²) in [6.07, 6.45) is 22.5. The minimum atomic E-state index is -1.12. The smallest absolute Gasteiger partial charge is 0.326 e. The lowest BCUT2D eigenvalue weighted by molar-refractivity contribution is -0.141. The van der Waals surface area contributed by atoms with Crippen molar-refractivity contribution in [2.24, 2.45) is 0 Å². The molecule has 161 valence electrons. The van der Waals surface area contributed by atoms with E-state index in [4.69, 9.17) is 5.11 Å². The van der Waals surface area contributed by atoms with Gasteiger partial charge in [-0.2, -0.15) is 0 Å². The first kappa shape index (κ1) is 26.4. The second-order valence-corrected chi connectivity index (χ2v) is 7.49. The fourth-order valence-corrected chi connectivity index (χ4v) is 3.13. The van der Waals surface area contributed by atoms with E-state index in [1.165, 1.54) is 70.6 Å². The van der Waals surface area contributed by atoms with Gasteiger partial charge >= 0.3 is 5.97 Å². The average molecular weight is 395 g/mol. The largest absolute Gasteiger partial charge is 0.480 e. The van der Waals surface area contributed by atoms with Crippen molar-refractivity contribution in [1.29, 1.82) is 0 Å². The first-order valence-corrected chi connectivity index (χ1v) is 11.1. The third-order valence-electron chi connectivity index (χ3n) is 4.86. The fourth-order valence-electron chi connectivity index (χ4n) is 3.13. The van der Waals surface area contributed by atoms with Gasteiger partial charge in [-0.05, 0) is 19.3 Å². The topological polar surface area (TPSA) is 83.5 Å². The van der Waals surface area contributed by atoms with E-state index in [9.17, 15) is 14.4 Å². The molecule has 2 N–H and O–H groups in total. The molecule has 0 aliphatic carbocycles. The van der Waals surface area contributed by atoms with Crippen molar-refractivity contribution in [1.82, 2.24) is 5.32 Å². The molecule has 0 aromatic carbocycles. The molecule has 1 atom stereocenters. The lowest BCUT2D eigenvalue weighted by Gasteiger charge is -2.11. The van der Waals surface area contributed by atoms with E-state index in [2.05, 4.69) is 12.2 Å². The van der Waals surface area contributed by atoms with Crippen LogP contribution in [0.3, 0.4) is 0 Å². The molecule has 0 aliphatic heterocycles. The first-order chi connectivity index (χ1) is 13.6. The minimum Gasteiger partial charge on any atom is -0.480 e. The van der Waals surface area contributed by atoms with Gasteiger partial charge < -0.3 is 10.4 Å². The number of allylic oxidation sites excluding steroid dienone is 1. The summed E-state index contributed by atoms with van der Waals surface area (Å²) in [5.74, 6) is -1.45. The number of rotatable bonds is 20. The molecule has 5 heteroatoms. The number of carbonyl (C=O) groups excluding carboxylic acids is 2. The van der Waals surface area contributed by atoms with E-state index < -0.39 is 12.0 Å². The zero-order chi connectivity index (χ0) is 20.9. The van der Waals surface area contributed by atoms with Gasteiger partial charge in [0.25, 0.3) is 0 Å². The van der Waals surface area contributed by atoms with Crippen LogP contribution in [0.25, 0.3) is 0 Å². The third kappa shape index (κ3) is 17.7. The highest BCUT2D eigenvalue weighted by molar-refractivity contribution is 5.84. The number of nitrogens with one attached hydrogen (secondary N) is 1. The van der Waals surface area contributed by atoms with Crippen molar-refractivity contribution in [2.75, 3.05) is 0 Å². The van der Waals surface area contributed by atoms with Crippen LogP contribution in [0.15, 0.2) is 12.2 Å². The first-order valence-electron chi connectivity index (χ1n) is 11.1. The Bertz CT molecular complexity index is 434. The maximum Gasteiger partial charge on any atom is 0.326 e. The SMILES string of the molecule is CCCCCCCCCCCCCC/C=C\CC(=O)N[C@@H](CC[C]=O)C(=O)O. The van der Waals surface area contributed by atoms with Gasteiger partial charge in [-0.25, -0.2) is 4.79 Å². The van der Waals surface area contributed by atoms with Gasteiger partial charge in [0.1, 0.15) is 6.04 Å². The van der Waals surface area contributed by atoms with Gasteiger partial charge in [0.15, 0.2) is 6.29 Å². The lowest BCUT2D eigenvalue weighted by Crippen LogP contribution is -2.40. The van der Waals surface area contributed by atoms with Crippen LogP contribution in [-0.4, -0.2) is 29.3 Å². The number of carboxylic acid groups (broad SMARTS) is 1. The second kappa shape index (κ2) is 20.1. The molecule has 0 heterocycles. The molecule has 0 aromatic heterocycles. The predicted octanol–water partition coefficient (Wildman–Crippen LogP) is 5.48. The van der Waals surface area contributed by atoms with Crippen molar-refractivity contribution in [3.8, 4) is 0 Å². The quantitative estimate of drug-likeness (QED) is 0.211. The third-order valence-corrected chi connectivity index (χ3v) is 4.86. The number of hydrogen-bond donors (Lipinski definition) is 2. The van der Waals surface area contributed by atoms with Crippen LogP contribution in [0.1, 0.15) is 110 Å². The molecule has 0 spiro atoms. The maximum atomic E-state index is 11.7. The molecule has 28 heavy (non-hydrogen) atoms. The highest BCUT2D eigenvalue weighted by atomic mass is 16.4. The Balaban J connectivity index is 3.51. The Morgan fingerprint density at radius 3 is 1.93 bits per heavy atom. The van der Waals surface area contributed by atoms with Gasteiger partial charge in [0, 0.05) is 12.8 Å². The Labute approximate surface area is 171 Å². The molecule has 1 amide bonds. The molecule has 0 bridgehead atoms. The van der Waals surface area contributed by atoms with Crippen LogP contribution >= 0.6 is 0 Å². The Hall–Kier alpha value is -1.65. The van der Waals surface area contributed by atoms with Gasteiger partial charge in [-0.3, -0.25) is 9.59 Å². The molecule has 0 fully saturated rings. The Kier molecular flexibility index (Phi) is 18.9. The van der Waals surface area contributed by atoms with E-state index in [-0.39, 0.29) is 25.2 Å². The number of unbranched alkanes of at least 4 members (excludes halogenated alkanes) is 12. The second-order valence-electron chi connectivity index (χ2n) is 7.49. The highest BCUT2D eigenvalue weighted by Gasteiger charge is 2.18. The van der Waals surface area contributed by atoms with Gasteiger partial charge in [0.05, 0.1) is 0 Å². The number of carboxylic acids is 1. The number of carbonyl (C=O) groups is 2. The monoisotopic (exact) mass is 394 g/mol. The summed E-state index contributed by atoms with van der Waals surface area (Å²) in [6.45, 7) is 2.25. The van der Waals surface area contributed by atoms with Gasteiger partial charge in [0.2, 0.25) is 5.91 Å². The molecule has 0 aliphatic rings. The van der Waals surface area contributed by atoms with Crippen molar-refractivity contribution in [2.45, 2.75) is 116 Å². The van der Waals surface area contributed by atoms with E-state index in [0.717, 1.165) is 12.8 Å². The molecule has 0 aromatic rings. The summed E-state index contributed by atoms with van der Waals surface area (Å²) in [4.78, 5) is 32.9. The molecule has 1 radical (unpaired) electrons. The fraction of sp³-hybridized carbons (Fsp3) is 0.783. The van der Waals surface area contributed by atoms with Gasteiger partial charge in [-0.1, -0.05) is 89.7 Å². The zero-order valence-electron chi connectivity index (χ0n) is 17.7. The van der Waals surface area contributed by atoms with E-state index >= 15 is 0 Å². The predicted molar refractivity (Wildman–Crippen MR) is 114 cm³/mol. The number of hydrogen-bond acceptors (Lipinski definition) is 3. The van der Waals surface area contributed by atoms with E-state index in [1.54, 1.807) is 12.4 Å². The van der Waals surface area contributed by atoms with Crippen LogP contribution in [0, 0.1) is 0 Å². The van der Waals surface area contributed by atoms with Crippen molar-refractivity contribution in [3.05, 3.63) is 12.2 Å². The minimum absolute atomic E-state index is 0.00600. The molecular formula is C23H40NO4. The molecular weight excluding hydrogens is 354 g/mol. The molecule has 0 saturated heterocycles. The summed E-state index contributed by atoms with van der Waals surface area (Å²) in [5, 5.41) is 11.4. The van der Waals surface area contributed by atoms with Crippen LogP contribution in [0.4, 0.5) is 0 Å². The Morgan fingerprint density at radius 2 is 1.43 bits per heavy atom. The summed E-state index contributed by atoms with van der Waals surface area (Å²) < 4.78 is 0. The van der Waals surface area contributed by atoms with Crippen molar-refractivity contribution < 1.29 is 19.5 Å². The van der Waals surface area contributed by atoms with Crippen molar-refractivity contribution >= 4 is 18.2 Å². The number of aliphatic carboxylic acids is 1. The van der Waals surface area contributed by atoms with Crippen LogP contribution in [0.2, 0.25) is 0 Å². The van der Waals surface area contributed by atoms with Crippen molar-refractivity contribution in [3.63, 3.8) is 0 Å². The maximum absolute atomic E-state index is 11.7. The zero-order valence-corrected chi connectivity index (χ0v) is 17.7. The molecule has 0 saturated carbocycles. The van der Waals surface area contributed by atoms with Crippen LogP contribution in [0.5, 0.6) is 0 Å². The Morgan fingerprint density at radius 1 is 0.893 bits per heavy atom. The lowest BCUT2D eigenvalue weighted by atomic mass is 10.0. The average Bonchev–Trinajstić information content (AvgIpc) is 2.67. The normalized spacial score (nSPS) is 12.2. The van der Waals surface area contributed by atoms with Crippen LogP contribution in [-0.2, 0) is 14.4 Å². The highest BCUT2D eigenvalue weighted by Crippen LogP contribution is 2.12. The summed E-state index contributed by atoms with van der Waals surface area (Å²) in [7, 11) is 0. The molecule has 5 nitrogen and oxygen atoms in total. The summed E-state index contributed by atoms with van der Waals surface area (Å²) >= 11 is 0.